The number of nitrogens with one attached hydrogen (secondary N) is 1. The molecule has 0 amide bonds. The summed E-state index contributed by atoms with van der Waals surface area (Å²) in [6, 6.07) is 4.36. The first-order valence-electron chi connectivity index (χ1n) is 6.74. The molecule has 1 aliphatic rings. The van der Waals surface area contributed by atoms with Crippen LogP contribution in [0.1, 0.15) is 20.3 Å². The zero-order chi connectivity index (χ0) is 14.1. The molecule has 1 N–H and O–H groups in total. The number of halogens is 1. The van der Waals surface area contributed by atoms with E-state index >= 15 is 0 Å². The SMILES string of the molecule is CC(C)Nc1nccc(N2CCCn3nc(I)cc32)n1. The van der Waals surface area contributed by atoms with Crippen molar-refractivity contribution in [2.75, 3.05) is 16.8 Å². The Hall–Kier alpha value is -1.38. The van der Waals surface area contributed by atoms with E-state index in [2.05, 4.69) is 67.8 Å². The van der Waals surface area contributed by atoms with Crippen LogP contribution in [0.25, 0.3) is 0 Å². The number of hydrogen-bond donors (Lipinski definition) is 1. The summed E-state index contributed by atoms with van der Waals surface area (Å²) in [5, 5.41) is 7.74. The smallest absolute Gasteiger partial charge is 0.224 e. The molecule has 0 aliphatic carbocycles. The van der Waals surface area contributed by atoms with E-state index in [4.69, 9.17) is 0 Å². The number of hydrogen-bond acceptors (Lipinski definition) is 5. The highest BCUT2D eigenvalue weighted by atomic mass is 127. The van der Waals surface area contributed by atoms with Crippen LogP contribution in [0.15, 0.2) is 18.3 Å². The molecule has 3 rings (SSSR count). The van der Waals surface area contributed by atoms with Gasteiger partial charge >= 0.3 is 0 Å². The Balaban J connectivity index is 1.93. The number of nitrogens with zero attached hydrogens (tertiary/aromatic N) is 5. The summed E-state index contributed by atoms with van der Waals surface area (Å²) in [4.78, 5) is 11.1. The fourth-order valence-electron chi connectivity index (χ4n) is 2.31. The molecular weight excluding hydrogens is 367 g/mol. The normalized spacial score (nSPS) is 14.5. The van der Waals surface area contributed by atoms with Crippen molar-refractivity contribution in [3.8, 4) is 0 Å². The molecule has 106 valence electrons. The minimum absolute atomic E-state index is 0.318. The van der Waals surface area contributed by atoms with Gasteiger partial charge in [0, 0.05) is 31.4 Å². The van der Waals surface area contributed by atoms with Crippen LogP contribution < -0.4 is 10.2 Å². The first-order valence-corrected chi connectivity index (χ1v) is 7.82. The predicted molar refractivity (Wildman–Crippen MR) is 87.4 cm³/mol. The molecule has 0 bridgehead atoms. The van der Waals surface area contributed by atoms with Gasteiger partial charge in [0.1, 0.15) is 15.3 Å². The Morgan fingerprint density at radius 3 is 3.00 bits per heavy atom. The van der Waals surface area contributed by atoms with Crippen LogP contribution in [0.4, 0.5) is 17.6 Å². The quantitative estimate of drug-likeness (QED) is 0.825. The van der Waals surface area contributed by atoms with Crippen molar-refractivity contribution in [3.05, 3.63) is 22.0 Å². The number of aromatic nitrogens is 4. The lowest BCUT2D eigenvalue weighted by Gasteiger charge is -2.28. The van der Waals surface area contributed by atoms with Crippen molar-refractivity contribution in [1.82, 2.24) is 19.7 Å². The van der Waals surface area contributed by atoms with Crippen molar-refractivity contribution in [2.45, 2.75) is 32.9 Å². The van der Waals surface area contributed by atoms with Crippen LogP contribution in [-0.4, -0.2) is 32.3 Å². The maximum atomic E-state index is 4.60. The topological polar surface area (TPSA) is 58.9 Å². The second kappa shape index (κ2) is 5.55. The molecule has 6 nitrogen and oxygen atoms in total. The molecule has 1 aliphatic heterocycles. The van der Waals surface area contributed by atoms with Gasteiger partial charge < -0.3 is 10.2 Å². The van der Waals surface area contributed by atoms with Gasteiger partial charge in [-0.25, -0.2) is 9.67 Å². The average Bonchev–Trinajstić information content (AvgIpc) is 2.78. The summed E-state index contributed by atoms with van der Waals surface area (Å²) in [6.45, 7) is 6.08. The van der Waals surface area contributed by atoms with E-state index < -0.39 is 0 Å². The molecular formula is C13H17IN6. The molecule has 0 fully saturated rings. The van der Waals surface area contributed by atoms with E-state index in [1.54, 1.807) is 6.20 Å². The third kappa shape index (κ3) is 2.72. The van der Waals surface area contributed by atoms with E-state index in [0.29, 0.717) is 12.0 Å². The summed E-state index contributed by atoms with van der Waals surface area (Å²) in [5.74, 6) is 2.69. The monoisotopic (exact) mass is 384 g/mol. The summed E-state index contributed by atoms with van der Waals surface area (Å²) in [5.41, 5.74) is 0. The van der Waals surface area contributed by atoms with Crippen LogP contribution >= 0.6 is 22.6 Å². The van der Waals surface area contributed by atoms with E-state index in [-0.39, 0.29) is 0 Å². The van der Waals surface area contributed by atoms with Crippen molar-refractivity contribution >= 4 is 40.2 Å². The molecule has 0 spiro atoms. The first-order chi connectivity index (χ1) is 9.63. The zero-order valence-corrected chi connectivity index (χ0v) is 13.7. The molecule has 7 heteroatoms. The van der Waals surface area contributed by atoms with Gasteiger partial charge in [0.15, 0.2) is 0 Å². The zero-order valence-electron chi connectivity index (χ0n) is 11.5. The highest BCUT2D eigenvalue weighted by Crippen LogP contribution is 2.29. The fourth-order valence-corrected chi connectivity index (χ4v) is 2.85. The van der Waals surface area contributed by atoms with Crippen LogP contribution in [-0.2, 0) is 6.54 Å². The number of fused-ring (bicyclic) bond motifs is 1. The molecule has 3 heterocycles. The van der Waals surface area contributed by atoms with Gasteiger partial charge in [-0.3, -0.25) is 0 Å². The van der Waals surface area contributed by atoms with Crippen molar-refractivity contribution < 1.29 is 0 Å². The predicted octanol–water partition coefficient (Wildman–Crippen LogP) is 2.64. The minimum Gasteiger partial charge on any atom is -0.352 e. The Kier molecular flexibility index (Phi) is 3.77. The van der Waals surface area contributed by atoms with E-state index in [1.807, 2.05) is 10.7 Å². The maximum absolute atomic E-state index is 4.60. The second-order valence-corrected chi connectivity index (χ2v) is 6.20. The fraction of sp³-hybridized carbons (Fsp3) is 0.462. The van der Waals surface area contributed by atoms with Gasteiger partial charge in [-0.15, -0.1) is 0 Å². The standard InChI is InChI=1S/C13H17IN6/c1-9(2)16-13-15-5-4-11(17-13)19-6-3-7-20-12(19)8-10(14)18-20/h4-5,8-9H,3,6-7H2,1-2H3,(H,15,16,17). The number of rotatable bonds is 3. The van der Waals surface area contributed by atoms with E-state index in [1.165, 1.54) is 0 Å². The molecule has 0 atom stereocenters. The Morgan fingerprint density at radius 2 is 2.20 bits per heavy atom. The second-order valence-electron chi connectivity index (χ2n) is 5.09. The summed E-state index contributed by atoms with van der Waals surface area (Å²) in [6.07, 6.45) is 2.87. The van der Waals surface area contributed by atoms with E-state index in [9.17, 15) is 0 Å². The Morgan fingerprint density at radius 1 is 1.35 bits per heavy atom. The van der Waals surface area contributed by atoms with Crippen LogP contribution in [0.3, 0.4) is 0 Å². The van der Waals surface area contributed by atoms with Crippen molar-refractivity contribution in [3.63, 3.8) is 0 Å². The molecule has 20 heavy (non-hydrogen) atoms. The Bertz CT molecular complexity index is 609. The van der Waals surface area contributed by atoms with Gasteiger partial charge in [0.05, 0.1) is 0 Å². The van der Waals surface area contributed by atoms with Crippen molar-refractivity contribution in [1.29, 1.82) is 0 Å². The van der Waals surface area contributed by atoms with Gasteiger partial charge in [0.25, 0.3) is 0 Å². The minimum atomic E-state index is 0.318. The lowest BCUT2D eigenvalue weighted by atomic mass is 10.3. The number of aryl methyl sites for hydroxylation is 1. The highest BCUT2D eigenvalue weighted by molar-refractivity contribution is 14.1. The average molecular weight is 384 g/mol. The lowest BCUT2D eigenvalue weighted by molar-refractivity contribution is 0.538. The van der Waals surface area contributed by atoms with Gasteiger partial charge in [-0.2, -0.15) is 10.1 Å². The maximum Gasteiger partial charge on any atom is 0.224 e. The summed E-state index contributed by atoms with van der Waals surface area (Å²) < 4.78 is 3.06. The van der Waals surface area contributed by atoms with Crippen LogP contribution in [0.2, 0.25) is 0 Å². The summed E-state index contributed by atoms with van der Waals surface area (Å²) in [7, 11) is 0. The third-order valence-corrected chi connectivity index (χ3v) is 3.62. The van der Waals surface area contributed by atoms with Crippen molar-refractivity contribution in [2.24, 2.45) is 0 Å². The number of anilines is 3. The van der Waals surface area contributed by atoms with E-state index in [0.717, 1.165) is 34.8 Å². The first kappa shape index (κ1) is 13.6. The third-order valence-electron chi connectivity index (χ3n) is 3.09. The molecule has 2 aromatic heterocycles. The van der Waals surface area contributed by atoms with Crippen LogP contribution in [0.5, 0.6) is 0 Å². The molecule has 0 saturated carbocycles. The molecule has 0 saturated heterocycles. The molecule has 0 radical (unpaired) electrons. The molecule has 0 aromatic carbocycles. The summed E-state index contributed by atoms with van der Waals surface area (Å²) >= 11 is 2.25. The molecule has 2 aromatic rings. The van der Waals surface area contributed by atoms with Crippen LogP contribution in [0, 0.1) is 3.70 Å². The van der Waals surface area contributed by atoms with Gasteiger partial charge in [-0.1, -0.05) is 0 Å². The van der Waals surface area contributed by atoms with Gasteiger partial charge in [0.2, 0.25) is 5.95 Å². The van der Waals surface area contributed by atoms with Gasteiger partial charge in [-0.05, 0) is 48.9 Å². The largest absolute Gasteiger partial charge is 0.352 e. The highest BCUT2D eigenvalue weighted by Gasteiger charge is 2.21. The lowest BCUT2D eigenvalue weighted by Crippen LogP contribution is -2.29. The Labute approximate surface area is 131 Å². The molecule has 0 unspecified atom stereocenters.